The van der Waals surface area contributed by atoms with Crippen molar-refractivity contribution in [3.63, 3.8) is 0 Å². The molecule has 0 aromatic heterocycles. The maximum Gasteiger partial charge on any atom is 0.0787 e. The molecular weight excluding hydrogens is 266 g/mol. The zero-order valence-corrected chi connectivity index (χ0v) is 13.2. The van der Waals surface area contributed by atoms with E-state index in [2.05, 4.69) is 43.9 Å². The van der Waals surface area contributed by atoms with Crippen LogP contribution in [-0.4, -0.2) is 46.7 Å². The van der Waals surface area contributed by atoms with E-state index in [-0.39, 0.29) is 24.7 Å². The number of hydrogen-bond donors (Lipinski definition) is 3. The van der Waals surface area contributed by atoms with Crippen LogP contribution in [0.1, 0.15) is 43.7 Å². The van der Waals surface area contributed by atoms with Crippen molar-refractivity contribution in [3.8, 4) is 0 Å². The first-order valence-corrected chi connectivity index (χ1v) is 7.67. The van der Waals surface area contributed by atoms with Crippen molar-refractivity contribution in [1.82, 2.24) is 0 Å². The molecule has 4 heteroatoms. The maximum absolute atomic E-state index is 9.69. The lowest BCUT2D eigenvalue weighted by Gasteiger charge is -2.48. The van der Waals surface area contributed by atoms with E-state index in [1.54, 1.807) is 0 Å². The fourth-order valence-corrected chi connectivity index (χ4v) is 3.34. The van der Waals surface area contributed by atoms with Crippen molar-refractivity contribution in [3.05, 3.63) is 29.3 Å². The summed E-state index contributed by atoms with van der Waals surface area (Å²) < 4.78 is 0. The molecule has 21 heavy (non-hydrogen) atoms. The van der Waals surface area contributed by atoms with Crippen LogP contribution in [0.2, 0.25) is 0 Å². The molecule has 3 N–H and O–H groups in total. The SMILES string of the molecule is Cc1ccc2c(c1)N(CCC(O)CO)C(C)(C)CC2CO. The molecule has 0 saturated carbocycles. The van der Waals surface area contributed by atoms with Crippen LogP contribution < -0.4 is 4.90 Å². The van der Waals surface area contributed by atoms with Gasteiger partial charge in [0.15, 0.2) is 0 Å². The summed E-state index contributed by atoms with van der Waals surface area (Å²) in [5.41, 5.74) is 3.44. The molecule has 1 aliphatic heterocycles. The molecule has 0 spiro atoms. The first kappa shape index (κ1) is 16.3. The number of benzene rings is 1. The molecule has 2 unspecified atom stereocenters. The third-order valence-electron chi connectivity index (χ3n) is 4.51. The lowest BCUT2D eigenvalue weighted by molar-refractivity contribution is 0.0882. The molecule has 2 atom stereocenters. The minimum atomic E-state index is -0.676. The van der Waals surface area contributed by atoms with Gasteiger partial charge >= 0.3 is 0 Å². The number of fused-ring (bicyclic) bond motifs is 1. The molecule has 0 radical (unpaired) electrons. The molecule has 0 fully saturated rings. The quantitative estimate of drug-likeness (QED) is 0.774. The summed E-state index contributed by atoms with van der Waals surface area (Å²) in [5, 5.41) is 28.3. The van der Waals surface area contributed by atoms with Crippen molar-refractivity contribution in [1.29, 1.82) is 0 Å². The highest BCUT2D eigenvalue weighted by atomic mass is 16.3. The average Bonchev–Trinajstić information content (AvgIpc) is 2.44. The number of nitrogens with zero attached hydrogens (tertiary/aromatic N) is 1. The monoisotopic (exact) mass is 293 g/mol. The first-order chi connectivity index (χ1) is 9.89. The van der Waals surface area contributed by atoms with E-state index in [9.17, 15) is 10.2 Å². The highest BCUT2D eigenvalue weighted by Crippen LogP contribution is 2.43. The summed E-state index contributed by atoms with van der Waals surface area (Å²) >= 11 is 0. The van der Waals surface area contributed by atoms with Crippen molar-refractivity contribution >= 4 is 5.69 Å². The second kappa shape index (κ2) is 6.34. The molecular formula is C17H27NO3. The summed E-state index contributed by atoms with van der Waals surface area (Å²) in [6.45, 7) is 7.07. The fourth-order valence-electron chi connectivity index (χ4n) is 3.34. The van der Waals surface area contributed by atoms with Crippen LogP contribution in [0.3, 0.4) is 0 Å². The van der Waals surface area contributed by atoms with Gasteiger partial charge in [-0.25, -0.2) is 0 Å². The lowest BCUT2D eigenvalue weighted by Crippen LogP contribution is -2.50. The minimum Gasteiger partial charge on any atom is -0.396 e. The molecule has 1 aromatic rings. The van der Waals surface area contributed by atoms with E-state index in [1.807, 2.05) is 0 Å². The highest BCUT2D eigenvalue weighted by Gasteiger charge is 2.37. The zero-order valence-electron chi connectivity index (χ0n) is 13.2. The van der Waals surface area contributed by atoms with Gasteiger partial charge in [-0.05, 0) is 50.8 Å². The van der Waals surface area contributed by atoms with Crippen molar-refractivity contribution in [2.45, 2.75) is 51.2 Å². The Balaban J connectivity index is 2.35. The minimum absolute atomic E-state index is 0.0800. The van der Waals surface area contributed by atoms with Crippen molar-refractivity contribution < 1.29 is 15.3 Å². The van der Waals surface area contributed by atoms with Crippen LogP contribution in [0, 0.1) is 6.92 Å². The van der Waals surface area contributed by atoms with Crippen molar-refractivity contribution in [2.24, 2.45) is 0 Å². The third kappa shape index (κ3) is 3.39. The standard InChI is InChI=1S/C17H27NO3/c1-12-4-5-15-13(10-19)9-17(2,3)18(16(15)8-12)7-6-14(21)11-20/h4-5,8,13-14,19-21H,6-7,9-11H2,1-3H3. The summed E-state index contributed by atoms with van der Waals surface area (Å²) in [6, 6.07) is 6.35. The Bertz CT molecular complexity index is 487. The Morgan fingerprint density at radius 1 is 1.33 bits per heavy atom. The summed E-state index contributed by atoms with van der Waals surface area (Å²) in [6.07, 6.45) is 0.746. The smallest absolute Gasteiger partial charge is 0.0787 e. The number of hydrogen-bond acceptors (Lipinski definition) is 4. The van der Waals surface area contributed by atoms with Gasteiger partial charge in [0.2, 0.25) is 0 Å². The second-order valence-electron chi connectivity index (χ2n) is 6.74. The third-order valence-corrected chi connectivity index (χ3v) is 4.51. The molecule has 1 aromatic carbocycles. The molecule has 0 amide bonds. The van der Waals surface area contributed by atoms with Gasteiger partial charge in [-0.1, -0.05) is 12.1 Å². The number of aliphatic hydroxyl groups excluding tert-OH is 3. The van der Waals surface area contributed by atoms with Gasteiger partial charge in [-0.3, -0.25) is 0 Å². The lowest BCUT2D eigenvalue weighted by atomic mass is 9.79. The number of aliphatic hydroxyl groups is 3. The van der Waals surface area contributed by atoms with E-state index in [0.29, 0.717) is 13.0 Å². The van der Waals surface area contributed by atoms with E-state index >= 15 is 0 Å². The molecule has 2 rings (SSSR count). The normalized spacial score (nSPS) is 22.0. The van der Waals surface area contributed by atoms with Gasteiger partial charge in [0.1, 0.15) is 0 Å². The summed E-state index contributed by atoms with van der Waals surface area (Å²) in [5.74, 6) is 0.162. The molecule has 1 aliphatic rings. The van der Waals surface area contributed by atoms with E-state index in [1.165, 1.54) is 11.1 Å². The maximum atomic E-state index is 9.69. The Morgan fingerprint density at radius 2 is 2.05 bits per heavy atom. The first-order valence-electron chi connectivity index (χ1n) is 7.67. The van der Waals surface area contributed by atoms with Crippen LogP contribution in [0.5, 0.6) is 0 Å². The fraction of sp³-hybridized carbons (Fsp3) is 0.647. The Morgan fingerprint density at radius 3 is 2.67 bits per heavy atom. The van der Waals surface area contributed by atoms with Crippen LogP contribution in [0.4, 0.5) is 5.69 Å². The topological polar surface area (TPSA) is 63.9 Å². The van der Waals surface area contributed by atoms with Gasteiger partial charge in [0.05, 0.1) is 19.3 Å². The Hall–Kier alpha value is -1.10. The molecule has 1 heterocycles. The van der Waals surface area contributed by atoms with Gasteiger partial charge in [-0.2, -0.15) is 0 Å². The van der Waals surface area contributed by atoms with Crippen LogP contribution in [0.25, 0.3) is 0 Å². The van der Waals surface area contributed by atoms with Crippen LogP contribution in [0.15, 0.2) is 18.2 Å². The number of rotatable bonds is 5. The van der Waals surface area contributed by atoms with Gasteiger partial charge in [-0.15, -0.1) is 0 Å². The van der Waals surface area contributed by atoms with Crippen molar-refractivity contribution in [2.75, 3.05) is 24.7 Å². The van der Waals surface area contributed by atoms with Gasteiger partial charge in [0.25, 0.3) is 0 Å². The zero-order chi connectivity index (χ0) is 15.6. The summed E-state index contributed by atoms with van der Waals surface area (Å²) in [4.78, 5) is 2.31. The van der Waals surface area contributed by atoms with E-state index < -0.39 is 6.10 Å². The van der Waals surface area contributed by atoms with E-state index in [4.69, 9.17) is 5.11 Å². The van der Waals surface area contributed by atoms with E-state index in [0.717, 1.165) is 12.1 Å². The number of anilines is 1. The Labute approximate surface area is 127 Å². The molecule has 0 saturated heterocycles. The molecule has 0 bridgehead atoms. The molecule has 0 aliphatic carbocycles. The number of aryl methyl sites for hydroxylation is 1. The Kier molecular flexibility index (Phi) is 4.91. The predicted octanol–water partition coefficient (Wildman–Crippen LogP) is 1.80. The largest absolute Gasteiger partial charge is 0.396 e. The molecule has 4 nitrogen and oxygen atoms in total. The average molecular weight is 293 g/mol. The van der Waals surface area contributed by atoms with Crippen LogP contribution in [-0.2, 0) is 0 Å². The highest BCUT2D eigenvalue weighted by molar-refractivity contribution is 5.61. The van der Waals surface area contributed by atoms with Gasteiger partial charge < -0.3 is 20.2 Å². The summed E-state index contributed by atoms with van der Waals surface area (Å²) in [7, 11) is 0. The second-order valence-corrected chi connectivity index (χ2v) is 6.74. The molecule has 118 valence electrons. The predicted molar refractivity (Wildman–Crippen MR) is 84.8 cm³/mol. The van der Waals surface area contributed by atoms with Gasteiger partial charge in [0, 0.05) is 23.7 Å². The van der Waals surface area contributed by atoms with Crippen LogP contribution >= 0.6 is 0 Å².